The zero-order valence-corrected chi connectivity index (χ0v) is 13.9. The summed E-state index contributed by atoms with van der Waals surface area (Å²) in [5.41, 5.74) is 5.28. The van der Waals surface area contributed by atoms with E-state index in [1.54, 1.807) is 0 Å². The lowest BCUT2D eigenvalue weighted by atomic mass is 9.98. The molecule has 0 saturated carbocycles. The van der Waals surface area contributed by atoms with Crippen LogP contribution in [-0.2, 0) is 6.42 Å². The Morgan fingerprint density at radius 1 is 0.750 bits per heavy atom. The third-order valence-electron chi connectivity index (χ3n) is 4.70. The van der Waals surface area contributed by atoms with Gasteiger partial charge in [0.1, 0.15) is 0 Å². The second kappa shape index (κ2) is 6.37. The highest BCUT2D eigenvalue weighted by atomic mass is 15.0. The summed E-state index contributed by atoms with van der Waals surface area (Å²) in [6.07, 6.45) is 3.29. The molecule has 0 N–H and O–H groups in total. The normalized spacial score (nSPS) is 11.2. The highest BCUT2D eigenvalue weighted by molar-refractivity contribution is 5.81. The number of fused-ring (bicyclic) bond motifs is 1. The van der Waals surface area contributed by atoms with Crippen LogP contribution in [0.15, 0.2) is 91.1 Å². The first-order valence-corrected chi connectivity index (χ1v) is 8.56. The highest BCUT2D eigenvalue weighted by Gasteiger charge is 2.17. The van der Waals surface area contributed by atoms with Crippen molar-refractivity contribution >= 4 is 10.9 Å². The Hall–Kier alpha value is -2.80. The SMILES string of the molecule is CCc1ccc2c(ccn2C(c2ccccc2)c2ccccc2)c1. The van der Waals surface area contributed by atoms with Crippen molar-refractivity contribution in [1.82, 2.24) is 4.57 Å². The first-order valence-electron chi connectivity index (χ1n) is 8.56. The lowest BCUT2D eigenvalue weighted by Gasteiger charge is -2.21. The van der Waals surface area contributed by atoms with Gasteiger partial charge < -0.3 is 4.57 Å². The lowest BCUT2D eigenvalue weighted by molar-refractivity contribution is 0.705. The smallest absolute Gasteiger partial charge is 0.0839 e. The van der Waals surface area contributed by atoms with Crippen LogP contribution < -0.4 is 0 Å². The maximum absolute atomic E-state index is 2.39. The molecule has 0 atom stereocenters. The summed E-state index contributed by atoms with van der Waals surface area (Å²) in [7, 11) is 0. The van der Waals surface area contributed by atoms with Crippen LogP contribution in [0.3, 0.4) is 0 Å². The maximum Gasteiger partial charge on any atom is 0.0839 e. The quantitative estimate of drug-likeness (QED) is 0.446. The summed E-state index contributed by atoms with van der Waals surface area (Å²) in [6, 6.07) is 30.7. The Kier molecular flexibility index (Phi) is 3.92. The van der Waals surface area contributed by atoms with Crippen LogP contribution in [-0.4, -0.2) is 4.57 Å². The molecular weight excluding hydrogens is 290 g/mol. The van der Waals surface area contributed by atoms with Gasteiger partial charge in [0.2, 0.25) is 0 Å². The van der Waals surface area contributed by atoms with E-state index in [4.69, 9.17) is 0 Å². The largest absolute Gasteiger partial charge is 0.336 e. The number of hydrogen-bond acceptors (Lipinski definition) is 0. The molecule has 1 heteroatoms. The third kappa shape index (κ3) is 2.63. The third-order valence-corrected chi connectivity index (χ3v) is 4.70. The number of nitrogens with zero attached hydrogens (tertiary/aromatic N) is 1. The fourth-order valence-electron chi connectivity index (χ4n) is 3.44. The average molecular weight is 311 g/mol. The lowest BCUT2D eigenvalue weighted by Crippen LogP contribution is -2.11. The fourth-order valence-corrected chi connectivity index (χ4v) is 3.44. The Labute approximate surface area is 143 Å². The molecule has 0 radical (unpaired) electrons. The Morgan fingerprint density at radius 3 is 1.96 bits per heavy atom. The van der Waals surface area contributed by atoms with Gasteiger partial charge in [-0.1, -0.05) is 73.7 Å². The molecule has 1 heterocycles. The second-order valence-electron chi connectivity index (χ2n) is 6.19. The van der Waals surface area contributed by atoms with Gasteiger partial charge in [-0.2, -0.15) is 0 Å². The topological polar surface area (TPSA) is 4.93 Å². The molecule has 1 aromatic heterocycles. The molecule has 0 fully saturated rings. The van der Waals surface area contributed by atoms with Gasteiger partial charge in [-0.25, -0.2) is 0 Å². The molecule has 0 saturated heterocycles. The molecular formula is C23H21N. The van der Waals surface area contributed by atoms with E-state index in [9.17, 15) is 0 Å². The predicted octanol–water partition coefficient (Wildman–Crippen LogP) is 5.84. The van der Waals surface area contributed by atoms with E-state index in [-0.39, 0.29) is 6.04 Å². The van der Waals surface area contributed by atoms with Crippen molar-refractivity contribution in [3.8, 4) is 0 Å². The highest BCUT2D eigenvalue weighted by Crippen LogP contribution is 2.31. The molecule has 24 heavy (non-hydrogen) atoms. The van der Waals surface area contributed by atoms with Gasteiger partial charge in [0.15, 0.2) is 0 Å². The molecule has 0 spiro atoms. The van der Waals surface area contributed by atoms with Crippen molar-refractivity contribution in [3.05, 3.63) is 108 Å². The summed E-state index contributed by atoms with van der Waals surface area (Å²) in [5, 5.41) is 1.31. The van der Waals surface area contributed by atoms with Crippen LogP contribution in [0.5, 0.6) is 0 Å². The minimum Gasteiger partial charge on any atom is -0.336 e. The molecule has 4 rings (SSSR count). The molecule has 118 valence electrons. The molecule has 0 unspecified atom stereocenters. The van der Waals surface area contributed by atoms with Crippen molar-refractivity contribution in [1.29, 1.82) is 0 Å². The Balaban J connectivity index is 1.91. The number of benzene rings is 3. The van der Waals surface area contributed by atoms with Crippen molar-refractivity contribution in [2.24, 2.45) is 0 Å². The number of rotatable bonds is 4. The molecule has 4 aromatic rings. The van der Waals surface area contributed by atoms with Crippen LogP contribution in [0.2, 0.25) is 0 Å². The number of aromatic nitrogens is 1. The zero-order valence-electron chi connectivity index (χ0n) is 13.9. The average Bonchev–Trinajstić information content (AvgIpc) is 3.07. The van der Waals surface area contributed by atoms with E-state index in [0.717, 1.165) is 6.42 Å². The van der Waals surface area contributed by atoms with E-state index < -0.39 is 0 Å². The van der Waals surface area contributed by atoms with E-state index >= 15 is 0 Å². The molecule has 0 bridgehead atoms. The van der Waals surface area contributed by atoms with Crippen molar-refractivity contribution in [2.75, 3.05) is 0 Å². The van der Waals surface area contributed by atoms with Crippen LogP contribution in [0.4, 0.5) is 0 Å². The summed E-state index contributed by atoms with van der Waals surface area (Å²) >= 11 is 0. The van der Waals surface area contributed by atoms with E-state index in [1.165, 1.54) is 27.6 Å². The number of aryl methyl sites for hydroxylation is 1. The molecule has 0 aliphatic carbocycles. The van der Waals surface area contributed by atoms with Crippen molar-refractivity contribution in [3.63, 3.8) is 0 Å². The van der Waals surface area contributed by atoms with Crippen LogP contribution >= 0.6 is 0 Å². The van der Waals surface area contributed by atoms with Crippen LogP contribution in [0.1, 0.15) is 29.7 Å². The van der Waals surface area contributed by atoms with Crippen LogP contribution in [0, 0.1) is 0 Å². The molecule has 1 nitrogen and oxygen atoms in total. The molecule has 3 aromatic carbocycles. The van der Waals surface area contributed by atoms with Crippen molar-refractivity contribution < 1.29 is 0 Å². The van der Waals surface area contributed by atoms with E-state index in [0.29, 0.717) is 0 Å². The van der Waals surface area contributed by atoms with Crippen molar-refractivity contribution in [2.45, 2.75) is 19.4 Å². The number of hydrogen-bond donors (Lipinski definition) is 0. The van der Waals surface area contributed by atoms with Gasteiger partial charge in [-0.15, -0.1) is 0 Å². The first-order chi connectivity index (χ1) is 11.9. The van der Waals surface area contributed by atoms with Gasteiger partial charge in [-0.3, -0.25) is 0 Å². The minimum atomic E-state index is 0.192. The fraction of sp³-hybridized carbons (Fsp3) is 0.130. The van der Waals surface area contributed by atoms with E-state index in [2.05, 4.69) is 103 Å². The molecule has 0 aliphatic rings. The van der Waals surface area contributed by atoms with Gasteiger partial charge in [0.25, 0.3) is 0 Å². The summed E-state index contributed by atoms with van der Waals surface area (Å²) < 4.78 is 2.39. The summed E-state index contributed by atoms with van der Waals surface area (Å²) in [4.78, 5) is 0. The minimum absolute atomic E-state index is 0.192. The van der Waals surface area contributed by atoms with Gasteiger partial charge in [0, 0.05) is 11.7 Å². The van der Waals surface area contributed by atoms with Crippen LogP contribution in [0.25, 0.3) is 10.9 Å². The summed E-state index contributed by atoms with van der Waals surface area (Å²) in [6.45, 7) is 2.20. The molecule has 0 aliphatic heterocycles. The first kappa shape index (κ1) is 14.8. The predicted molar refractivity (Wildman–Crippen MR) is 101 cm³/mol. The maximum atomic E-state index is 2.39. The van der Waals surface area contributed by atoms with Gasteiger partial charge in [0.05, 0.1) is 6.04 Å². The molecule has 0 amide bonds. The zero-order chi connectivity index (χ0) is 16.4. The second-order valence-corrected chi connectivity index (χ2v) is 6.19. The Morgan fingerprint density at radius 2 is 1.38 bits per heavy atom. The summed E-state index contributed by atoms with van der Waals surface area (Å²) in [5.74, 6) is 0. The van der Waals surface area contributed by atoms with Gasteiger partial charge >= 0.3 is 0 Å². The monoisotopic (exact) mass is 311 g/mol. The van der Waals surface area contributed by atoms with Gasteiger partial charge in [-0.05, 0) is 46.7 Å². The van der Waals surface area contributed by atoms with E-state index in [1.807, 2.05) is 0 Å². The Bertz CT molecular complexity index is 896. The standard InChI is InChI=1S/C23H21N/c1-2-18-13-14-22-21(17-18)15-16-24(22)23(19-9-5-3-6-10-19)20-11-7-4-8-12-20/h3-17,23H,2H2,1H3.